The van der Waals surface area contributed by atoms with Crippen molar-refractivity contribution >= 4 is 34.7 Å². The van der Waals surface area contributed by atoms with Crippen LogP contribution >= 0.6 is 0 Å². The number of carbonyl (C=O) groups is 2. The van der Waals surface area contributed by atoms with Gasteiger partial charge in [-0.1, -0.05) is 6.42 Å². The lowest BCUT2D eigenvalue weighted by Gasteiger charge is -2.32. The van der Waals surface area contributed by atoms with Crippen molar-refractivity contribution in [3.8, 4) is 0 Å². The number of hydrogen-bond donors (Lipinski definition) is 3. The average molecular weight is 488 g/mol. The molecule has 0 radical (unpaired) electrons. The van der Waals surface area contributed by atoms with Crippen molar-refractivity contribution in [1.82, 2.24) is 29.7 Å². The Morgan fingerprint density at radius 3 is 2.53 bits per heavy atom. The fourth-order valence-corrected chi connectivity index (χ4v) is 6.95. The van der Waals surface area contributed by atoms with Gasteiger partial charge in [0.05, 0.1) is 5.56 Å². The lowest BCUT2D eigenvalue weighted by Crippen LogP contribution is -2.53. The molecule has 1 amide bonds. The van der Waals surface area contributed by atoms with Crippen molar-refractivity contribution < 1.29 is 14.7 Å². The van der Waals surface area contributed by atoms with Crippen LogP contribution in [0.4, 0.5) is 11.8 Å². The molecule has 5 heterocycles. The van der Waals surface area contributed by atoms with Crippen LogP contribution < -0.4 is 10.6 Å². The van der Waals surface area contributed by atoms with E-state index in [0.717, 1.165) is 44.2 Å². The highest BCUT2D eigenvalue weighted by atomic mass is 16.4. The van der Waals surface area contributed by atoms with Crippen molar-refractivity contribution in [1.29, 1.82) is 0 Å². The number of aromatic carboxylic acids is 1. The number of aromatic nitrogens is 4. The van der Waals surface area contributed by atoms with E-state index in [1.165, 1.54) is 12.8 Å². The first-order valence-electron chi connectivity index (χ1n) is 12.9. The predicted octanol–water partition coefficient (Wildman–Crippen LogP) is 3.21. The van der Waals surface area contributed by atoms with Gasteiger partial charge >= 0.3 is 5.97 Å². The van der Waals surface area contributed by atoms with E-state index >= 15 is 0 Å². The molecule has 7 rings (SSSR count). The third-order valence-corrected chi connectivity index (χ3v) is 8.58. The summed E-state index contributed by atoms with van der Waals surface area (Å²) in [6.45, 7) is 1.48. The van der Waals surface area contributed by atoms with Crippen molar-refractivity contribution in [2.24, 2.45) is 11.8 Å². The van der Waals surface area contributed by atoms with Crippen molar-refractivity contribution in [2.45, 2.75) is 56.7 Å². The molecule has 10 nitrogen and oxygen atoms in total. The number of anilines is 2. The van der Waals surface area contributed by atoms with E-state index in [1.807, 2.05) is 9.47 Å². The highest BCUT2D eigenvalue weighted by molar-refractivity contribution is 5.95. The highest BCUT2D eigenvalue weighted by Gasteiger charge is 2.42. The number of pyridine rings is 1. The zero-order chi connectivity index (χ0) is 24.4. The molecule has 186 valence electrons. The summed E-state index contributed by atoms with van der Waals surface area (Å²) in [5.41, 5.74) is 1.48. The van der Waals surface area contributed by atoms with Crippen LogP contribution in [0, 0.1) is 11.8 Å². The van der Waals surface area contributed by atoms with E-state index in [-0.39, 0.29) is 17.6 Å². The quantitative estimate of drug-likeness (QED) is 0.501. The monoisotopic (exact) mass is 487 g/mol. The van der Waals surface area contributed by atoms with Crippen LogP contribution in [-0.4, -0.2) is 66.6 Å². The van der Waals surface area contributed by atoms with Crippen LogP contribution in [0.15, 0.2) is 30.6 Å². The molecular formula is C26H29N7O3. The number of rotatable bonds is 5. The minimum atomic E-state index is -0.940. The number of nitrogens with zero attached hydrogens (tertiary/aromatic N) is 5. The van der Waals surface area contributed by atoms with Crippen LogP contribution in [0.1, 0.15) is 65.4 Å². The molecule has 2 saturated carbocycles. The van der Waals surface area contributed by atoms with Gasteiger partial charge in [-0.15, -0.1) is 0 Å². The van der Waals surface area contributed by atoms with Crippen molar-refractivity contribution in [2.75, 3.05) is 18.4 Å². The van der Waals surface area contributed by atoms with Gasteiger partial charge in [0.15, 0.2) is 0 Å². The molecule has 2 aliphatic carbocycles. The fourth-order valence-electron chi connectivity index (χ4n) is 6.95. The molecule has 3 aromatic rings. The largest absolute Gasteiger partial charge is 0.477 e. The number of carbonyl (C=O) groups excluding carboxylic acids is 1. The van der Waals surface area contributed by atoms with E-state index in [2.05, 4.69) is 20.6 Å². The zero-order valence-corrected chi connectivity index (χ0v) is 19.9. The van der Waals surface area contributed by atoms with E-state index in [4.69, 9.17) is 4.98 Å². The van der Waals surface area contributed by atoms with Gasteiger partial charge in [-0.05, 0) is 62.1 Å². The van der Waals surface area contributed by atoms with Crippen LogP contribution in [0.25, 0.3) is 11.0 Å². The molecule has 5 unspecified atom stereocenters. The molecule has 10 heteroatoms. The topological polar surface area (TPSA) is 125 Å². The molecule has 2 saturated heterocycles. The number of carboxylic acid groups (broad SMARTS) is 1. The Bertz CT molecular complexity index is 1340. The maximum atomic E-state index is 13.0. The summed E-state index contributed by atoms with van der Waals surface area (Å²) in [5, 5.41) is 17.3. The van der Waals surface area contributed by atoms with Gasteiger partial charge in [0.1, 0.15) is 17.2 Å². The predicted molar refractivity (Wildman–Crippen MR) is 132 cm³/mol. The van der Waals surface area contributed by atoms with Crippen molar-refractivity contribution in [3.63, 3.8) is 0 Å². The molecule has 36 heavy (non-hydrogen) atoms. The minimum absolute atomic E-state index is 0.00927. The summed E-state index contributed by atoms with van der Waals surface area (Å²) in [6.07, 6.45) is 10.1. The number of hydrogen-bond acceptors (Lipinski definition) is 7. The second kappa shape index (κ2) is 8.26. The Kier molecular flexibility index (Phi) is 4.99. The number of carboxylic acids is 1. The third-order valence-electron chi connectivity index (χ3n) is 8.58. The van der Waals surface area contributed by atoms with Gasteiger partial charge < -0.3 is 25.2 Å². The smallest absolute Gasteiger partial charge is 0.352 e. The minimum Gasteiger partial charge on any atom is -0.477 e. The summed E-state index contributed by atoms with van der Waals surface area (Å²) in [5.74, 6) is 1.14. The summed E-state index contributed by atoms with van der Waals surface area (Å²) < 4.78 is 1.92. The van der Waals surface area contributed by atoms with Gasteiger partial charge in [0.25, 0.3) is 5.91 Å². The van der Waals surface area contributed by atoms with Gasteiger partial charge in [0, 0.05) is 49.0 Å². The van der Waals surface area contributed by atoms with Crippen molar-refractivity contribution in [3.05, 3.63) is 41.9 Å². The van der Waals surface area contributed by atoms with Crippen LogP contribution in [0.5, 0.6) is 0 Å². The molecule has 2 aliphatic heterocycles. The first-order chi connectivity index (χ1) is 17.5. The zero-order valence-electron chi connectivity index (χ0n) is 19.9. The average Bonchev–Trinajstić information content (AvgIpc) is 3.66. The first-order valence-corrected chi connectivity index (χ1v) is 12.9. The summed E-state index contributed by atoms with van der Waals surface area (Å²) in [7, 11) is 0. The fraction of sp³-hybridized carbons (Fsp3) is 0.500. The maximum absolute atomic E-state index is 13.0. The molecule has 3 aromatic heterocycles. The SMILES string of the molecule is O=C(O)c1cc2cnc(Nc3ccc(C(=O)N4CC5CCC(C4)N5)cn3)nc2n1C1CC2CCC1C2. The highest BCUT2D eigenvalue weighted by Crippen LogP contribution is 2.51. The number of piperazine rings is 1. The van der Waals surface area contributed by atoms with Gasteiger partial charge in [-0.25, -0.2) is 14.8 Å². The second-order valence-electron chi connectivity index (χ2n) is 10.8. The molecule has 3 N–H and O–H groups in total. The maximum Gasteiger partial charge on any atom is 0.352 e. The lowest BCUT2D eigenvalue weighted by atomic mass is 9.95. The molecular weight excluding hydrogens is 458 g/mol. The third kappa shape index (κ3) is 3.62. The summed E-state index contributed by atoms with van der Waals surface area (Å²) >= 11 is 0. The summed E-state index contributed by atoms with van der Waals surface area (Å²) in [6, 6.07) is 6.17. The lowest BCUT2D eigenvalue weighted by molar-refractivity contribution is 0.0677. The second-order valence-corrected chi connectivity index (χ2v) is 10.8. The van der Waals surface area contributed by atoms with E-state index in [1.54, 1.807) is 30.6 Å². The Morgan fingerprint density at radius 1 is 1.03 bits per heavy atom. The Morgan fingerprint density at radius 2 is 1.86 bits per heavy atom. The number of fused-ring (bicyclic) bond motifs is 5. The number of likely N-dealkylation sites (tertiary alicyclic amines) is 1. The van der Waals surface area contributed by atoms with Gasteiger partial charge in [-0.2, -0.15) is 4.98 Å². The van der Waals surface area contributed by atoms with E-state index in [9.17, 15) is 14.7 Å². The van der Waals surface area contributed by atoms with E-state index < -0.39 is 5.97 Å². The van der Waals surface area contributed by atoms with Crippen LogP contribution in [-0.2, 0) is 0 Å². The molecule has 0 aromatic carbocycles. The van der Waals surface area contributed by atoms with Gasteiger partial charge in [0.2, 0.25) is 5.95 Å². The Balaban J connectivity index is 1.13. The molecule has 4 aliphatic rings. The summed E-state index contributed by atoms with van der Waals surface area (Å²) in [4.78, 5) is 40.5. The first kappa shape index (κ1) is 21.7. The Hall–Kier alpha value is -3.53. The number of nitrogens with one attached hydrogen (secondary N) is 2. The normalized spacial score (nSPS) is 28.7. The van der Waals surface area contributed by atoms with Crippen LogP contribution in [0.2, 0.25) is 0 Å². The molecule has 0 spiro atoms. The van der Waals surface area contributed by atoms with E-state index in [0.29, 0.717) is 46.9 Å². The number of amides is 1. The molecule has 4 bridgehead atoms. The Labute approximate surface area is 208 Å². The van der Waals surface area contributed by atoms with Crippen LogP contribution in [0.3, 0.4) is 0 Å². The van der Waals surface area contributed by atoms with Gasteiger partial charge in [-0.3, -0.25) is 4.79 Å². The molecule has 4 fully saturated rings. The standard InChI is InChI=1S/C26H29N7O3/c34-24(32-12-18-4-5-19(13-32)29-18)16-3-6-22(27-10-16)30-26-28-11-17-9-21(25(35)36)33(23(17)31-26)20-8-14-1-2-15(20)7-14/h3,6,9-11,14-15,18-20,29H,1-2,4-5,7-8,12-13H2,(H,35,36)(H,27,28,30,31). The molecule has 5 atom stereocenters.